The molecule has 3 saturated carbocycles. The van der Waals surface area contributed by atoms with E-state index in [9.17, 15) is 9.18 Å². The Labute approximate surface area is 171 Å². The molecule has 0 spiro atoms. The van der Waals surface area contributed by atoms with Crippen molar-refractivity contribution in [3.8, 4) is 11.7 Å². The molecule has 11 heteroatoms. The van der Waals surface area contributed by atoms with Crippen LogP contribution in [0.1, 0.15) is 25.7 Å². The molecule has 2 bridgehead atoms. The second-order valence-electron chi connectivity index (χ2n) is 7.99. The van der Waals surface area contributed by atoms with Gasteiger partial charge in [-0.3, -0.25) is 10.1 Å². The van der Waals surface area contributed by atoms with Crippen molar-refractivity contribution in [2.24, 2.45) is 5.41 Å². The van der Waals surface area contributed by atoms with Gasteiger partial charge in [0.1, 0.15) is 0 Å². The normalized spacial score (nSPS) is 27.6. The lowest BCUT2D eigenvalue weighted by Crippen LogP contribution is -2.50. The molecule has 0 aromatic carbocycles. The molecule has 2 aromatic rings. The first-order chi connectivity index (χ1) is 14.5. The number of fused-ring (bicyclic) bond motifs is 1. The van der Waals surface area contributed by atoms with Crippen molar-refractivity contribution in [1.29, 1.82) is 0 Å². The van der Waals surface area contributed by atoms with Crippen molar-refractivity contribution in [2.75, 3.05) is 43.6 Å². The third kappa shape index (κ3) is 3.27. The largest absolute Gasteiger partial charge is 0.419 e. The number of carbonyl (C=O) groups is 1. The Kier molecular flexibility index (Phi) is 4.58. The Balaban J connectivity index is 1.22. The standard InChI is InChI=1S/C19H22FN5O5/c1-27-19-3-2-18(10-19,11-19)15(26)24-17-23-13(20)14(30-17)29-12-8-21-16(22-9-12)25-4-6-28-7-5-25/h8-9H,2-7,10-11H2,1H3,(H,23,24,26). The minimum absolute atomic E-state index is 0.193. The molecule has 0 atom stereocenters. The van der Waals surface area contributed by atoms with Gasteiger partial charge in [0.2, 0.25) is 11.9 Å². The Morgan fingerprint density at radius 1 is 1.23 bits per heavy atom. The molecular formula is C19H22FN5O5. The van der Waals surface area contributed by atoms with E-state index >= 15 is 0 Å². The van der Waals surface area contributed by atoms with Gasteiger partial charge >= 0.3 is 12.0 Å². The Hall–Kier alpha value is -2.79. The summed E-state index contributed by atoms with van der Waals surface area (Å²) in [6, 6.07) is -0.241. The number of oxazole rings is 1. The predicted octanol–water partition coefficient (Wildman–Crippen LogP) is 2.13. The maximum absolute atomic E-state index is 14.2. The summed E-state index contributed by atoms with van der Waals surface area (Å²) in [6.45, 7) is 2.64. The smallest absolute Gasteiger partial charge is 0.350 e. The van der Waals surface area contributed by atoms with Crippen LogP contribution in [0.3, 0.4) is 0 Å². The van der Waals surface area contributed by atoms with E-state index < -0.39 is 17.3 Å². The van der Waals surface area contributed by atoms with Crippen molar-refractivity contribution in [3.63, 3.8) is 0 Å². The average Bonchev–Trinajstić information content (AvgIpc) is 3.41. The zero-order valence-corrected chi connectivity index (χ0v) is 16.5. The quantitative estimate of drug-likeness (QED) is 0.752. The Morgan fingerprint density at radius 3 is 2.63 bits per heavy atom. The topological polar surface area (TPSA) is 112 Å². The van der Waals surface area contributed by atoms with Crippen LogP contribution in [-0.4, -0.2) is 59.9 Å². The van der Waals surface area contributed by atoms with E-state index in [1.54, 1.807) is 7.11 Å². The van der Waals surface area contributed by atoms with Crippen LogP contribution in [0, 0.1) is 11.4 Å². The van der Waals surface area contributed by atoms with Gasteiger partial charge in [-0.2, -0.15) is 9.37 Å². The fraction of sp³-hybridized carbons (Fsp3) is 0.579. The molecule has 1 aliphatic heterocycles. The van der Waals surface area contributed by atoms with E-state index in [1.807, 2.05) is 4.90 Å². The maximum Gasteiger partial charge on any atom is 0.350 e. The Bertz CT molecular complexity index is 937. The Morgan fingerprint density at radius 2 is 1.97 bits per heavy atom. The number of amides is 1. The second kappa shape index (κ2) is 7.17. The molecule has 0 unspecified atom stereocenters. The highest BCUT2D eigenvalue weighted by atomic mass is 19.1. The molecule has 2 aromatic heterocycles. The number of methoxy groups -OCH3 is 1. The number of morpholine rings is 1. The number of hydrogen-bond donors (Lipinski definition) is 1. The number of carbonyl (C=O) groups excluding carboxylic acids is 1. The molecule has 160 valence electrons. The van der Waals surface area contributed by atoms with Crippen LogP contribution in [0.25, 0.3) is 0 Å². The van der Waals surface area contributed by atoms with Crippen LogP contribution < -0.4 is 15.0 Å². The van der Waals surface area contributed by atoms with Crippen LogP contribution >= 0.6 is 0 Å². The molecule has 10 nitrogen and oxygen atoms in total. The van der Waals surface area contributed by atoms with Crippen LogP contribution in [0.4, 0.5) is 16.4 Å². The minimum atomic E-state index is -0.966. The van der Waals surface area contributed by atoms with Crippen molar-refractivity contribution in [2.45, 2.75) is 31.3 Å². The zero-order valence-electron chi connectivity index (χ0n) is 16.5. The number of nitrogens with one attached hydrogen (secondary N) is 1. The lowest BCUT2D eigenvalue weighted by Gasteiger charge is -2.44. The lowest BCUT2D eigenvalue weighted by atomic mass is 9.66. The van der Waals surface area contributed by atoms with E-state index in [2.05, 4.69) is 20.3 Å². The van der Waals surface area contributed by atoms with Crippen LogP contribution in [0.5, 0.6) is 11.7 Å². The number of halogens is 1. The molecule has 4 aliphatic rings. The molecule has 1 amide bonds. The summed E-state index contributed by atoms with van der Waals surface area (Å²) >= 11 is 0. The first-order valence-electron chi connectivity index (χ1n) is 9.86. The van der Waals surface area contributed by atoms with Crippen LogP contribution in [0.15, 0.2) is 16.8 Å². The summed E-state index contributed by atoms with van der Waals surface area (Å²) in [5.41, 5.74) is -0.689. The van der Waals surface area contributed by atoms with Gasteiger partial charge in [0.15, 0.2) is 5.75 Å². The fourth-order valence-corrected chi connectivity index (χ4v) is 4.55. The van der Waals surface area contributed by atoms with E-state index in [0.29, 0.717) is 45.1 Å². The molecule has 1 saturated heterocycles. The van der Waals surface area contributed by atoms with Gasteiger partial charge in [-0.1, -0.05) is 0 Å². The summed E-state index contributed by atoms with van der Waals surface area (Å²) in [5, 5.41) is 2.56. The third-order valence-electron chi connectivity index (χ3n) is 6.19. The summed E-state index contributed by atoms with van der Waals surface area (Å²) < 4.78 is 35.6. The second-order valence-corrected chi connectivity index (χ2v) is 7.99. The number of nitrogens with zero attached hydrogens (tertiary/aromatic N) is 4. The minimum Gasteiger partial charge on any atom is -0.419 e. The van der Waals surface area contributed by atoms with Gasteiger partial charge in [-0.15, -0.1) is 0 Å². The van der Waals surface area contributed by atoms with E-state index in [-0.39, 0.29) is 23.3 Å². The molecule has 4 fully saturated rings. The molecule has 3 aliphatic carbocycles. The summed E-state index contributed by atoms with van der Waals surface area (Å²) in [5.74, 6) is -0.930. The molecule has 30 heavy (non-hydrogen) atoms. The van der Waals surface area contributed by atoms with Gasteiger partial charge in [0, 0.05) is 20.2 Å². The third-order valence-corrected chi connectivity index (χ3v) is 6.19. The maximum atomic E-state index is 14.2. The van der Waals surface area contributed by atoms with E-state index in [0.717, 1.165) is 12.8 Å². The molecule has 1 N–H and O–H groups in total. The number of ether oxygens (including phenoxy) is 3. The summed E-state index contributed by atoms with van der Waals surface area (Å²) in [7, 11) is 1.66. The molecule has 6 rings (SSSR count). The molecular weight excluding hydrogens is 397 g/mol. The zero-order chi connectivity index (χ0) is 20.8. The fourth-order valence-electron chi connectivity index (χ4n) is 4.55. The van der Waals surface area contributed by atoms with E-state index in [1.165, 1.54) is 12.4 Å². The average molecular weight is 419 g/mol. The van der Waals surface area contributed by atoms with Crippen LogP contribution in [0.2, 0.25) is 0 Å². The summed E-state index contributed by atoms with van der Waals surface area (Å²) in [6.07, 6.45) is 5.73. The number of anilines is 2. The predicted molar refractivity (Wildman–Crippen MR) is 101 cm³/mol. The van der Waals surface area contributed by atoms with Gasteiger partial charge in [0.25, 0.3) is 5.95 Å². The number of aromatic nitrogens is 3. The van der Waals surface area contributed by atoms with Crippen molar-refractivity contribution in [3.05, 3.63) is 18.3 Å². The first-order valence-corrected chi connectivity index (χ1v) is 9.86. The van der Waals surface area contributed by atoms with Crippen molar-refractivity contribution in [1.82, 2.24) is 15.0 Å². The monoisotopic (exact) mass is 419 g/mol. The number of rotatable bonds is 6. The highest BCUT2D eigenvalue weighted by Gasteiger charge is 2.65. The van der Waals surface area contributed by atoms with Gasteiger partial charge in [0.05, 0.1) is 36.6 Å². The highest BCUT2D eigenvalue weighted by molar-refractivity contribution is 5.95. The van der Waals surface area contributed by atoms with E-state index in [4.69, 9.17) is 18.6 Å². The molecule has 0 radical (unpaired) electrons. The van der Waals surface area contributed by atoms with Gasteiger partial charge in [-0.25, -0.2) is 9.97 Å². The molecule has 3 heterocycles. The highest BCUT2D eigenvalue weighted by Crippen LogP contribution is 2.63. The number of hydrogen-bond acceptors (Lipinski definition) is 9. The van der Waals surface area contributed by atoms with Crippen molar-refractivity contribution < 1.29 is 27.8 Å². The first kappa shape index (κ1) is 19.2. The summed E-state index contributed by atoms with van der Waals surface area (Å²) in [4.78, 5) is 26.7. The lowest BCUT2D eigenvalue weighted by molar-refractivity contribution is -0.144. The van der Waals surface area contributed by atoms with Gasteiger partial charge in [-0.05, 0) is 25.7 Å². The SMILES string of the molecule is COC12CCC(C(=O)Nc3nc(F)c(Oc4cnc(N5CCOCC5)nc4)o3)(C1)C2. The van der Waals surface area contributed by atoms with Crippen LogP contribution in [-0.2, 0) is 14.3 Å². The van der Waals surface area contributed by atoms with Gasteiger partial charge < -0.3 is 23.5 Å². The van der Waals surface area contributed by atoms with Crippen molar-refractivity contribution >= 4 is 17.9 Å².